The Bertz CT molecular complexity index is 3550. The van der Waals surface area contributed by atoms with E-state index in [1.54, 1.807) is 0 Å². The van der Waals surface area contributed by atoms with E-state index in [2.05, 4.69) is 0 Å². The minimum atomic E-state index is -9.05. The second-order valence-electron chi connectivity index (χ2n) is 24.5. The molecule has 0 unspecified atom stereocenters. The Hall–Kier alpha value is -6.32. The molecule has 0 N–H and O–H groups in total. The lowest BCUT2D eigenvalue weighted by Crippen LogP contribution is -2.74. The topological polar surface area (TPSA) is 0 Å². The van der Waals surface area contributed by atoms with E-state index in [4.69, 9.17) is 0 Å². The summed E-state index contributed by atoms with van der Waals surface area (Å²) >= 11 is 0. The highest BCUT2D eigenvalue weighted by Crippen LogP contribution is 2.69. The van der Waals surface area contributed by atoms with Gasteiger partial charge in [-0.15, -0.1) is 0 Å². The molecule has 64 heteroatoms. The zero-order valence-corrected chi connectivity index (χ0v) is 55.9. The van der Waals surface area contributed by atoms with Gasteiger partial charge in [0.2, 0.25) is 0 Å². The second kappa shape index (κ2) is 32.0. The maximum atomic E-state index is 14.8. The quantitative estimate of drug-likeness (QED) is 0.0402. The first kappa shape index (κ1) is 110. The van der Waals surface area contributed by atoms with Crippen LogP contribution in [-0.4, -0.2) is 179 Å². The van der Waals surface area contributed by atoms with Crippen molar-refractivity contribution in [2.24, 2.45) is 0 Å². The van der Waals surface area contributed by atoms with E-state index in [0.29, 0.717) is 36.4 Å². The van der Waals surface area contributed by atoms with Gasteiger partial charge in [0, 0.05) is 25.7 Å². The molecule has 0 aliphatic heterocycles. The average Bonchev–Trinajstić information content (AvgIpc) is 0.687. The highest BCUT2D eigenvalue weighted by molar-refractivity contribution is 7.79. The van der Waals surface area contributed by atoms with Crippen molar-refractivity contribution >= 4 is 23.8 Å². The number of aryl methyl sites for hydroxylation is 3. The molecule has 120 heavy (non-hydrogen) atoms. The van der Waals surface area contributed by atoms with E-state index in [1.165, 1.54) is 0 Å². The Morgan fingerprint density at radius 1 is 0.158 bits per heavy atom. The first-order chi connectivity index (χ1) is 52.0. The fourth-order valence-corrected chi connectivity index (χ4v) is 11.1. The maximum Gasteiger partial charge on any atom is 0.460 e. The molecule has 3 aromatic carbocycles. The van der Waals surface area contributed by atoms with Crippen molar-refractivity contribution in [3.05, 3.63) is 89.5 Å². The molecule has 0 saturated heterocycles. The molecule has 3 rings (SSSR count). The summed E-state index contributed by atoms with van der Waals surface area (Å²) in [5.41, 5.74) is -3.23. The predicted molar refractivity (Wildman–Crippen MR) is 273 cm³/mol. The zero-order valence-electron chi connectivity index (χ0n) is 55.1. The summed E-state index contributed by atoms with van der Waals surface area (Å²) in [4.78, 5) is 0. The van der Waals surface area contributed by atoms with Crippen LogP contribution in [0.25, 0.3) is 0 Å². The first-order valence-corrected chi connectivity index (χ1v) is 30.7. The molecule has 0 radical (unpaired) electrons. The normalized spacial score (nSPS) is 16.0. The molecule has 0 aliphatic rings. The van der Waals surface area contributed by atoms with Gasteiger partial charge in [-0.1, -0.05) is 72.8 Å². The number of hydrogen-bond donors (Lipinski definition) is 0. The van der Waals surface area contributed by atoms with E-state index < -0.39 is 271 Å². The van der Waals surface area contributed by atoms with Crippen LogP contribution in [0.4, 0.5) is 277 Å². The Labute approximate surface area is 620 Å². The lowest BCUT2D eigenvalue weighted by Gasteiger charge is -2.42. The smallest absolute Gasteiger partial charge is 0.251 e. The van der Waals surface area contributed by atoms with E-state index in [9.17, 15) is 277 Å². The van der Waals surface area contributed by atoms with Gasteiger partial charge >= 0.3 is 173 Å². The number of alkyl halides is 63. The summed E-state index contributed by atoms with van der Waals surface area (Å²) < 4.78 is 852. The summed E-state index contributed by atoms with van der Waals surface area (Å²) in [5, 5.41) is -1.85. The molecule has 0 aliphatic carbocycles. The van der Waals surface area contributed by atoms with Crippen molar-refractivity contribution < 1.29 is 277 Å². The Kier molecular flexibility index (Phi) is 29.2. The number of hydrogen-bond acceptors (Lipinski definition) is 0. The van der Waals surface area contributed by atoms with Crippen LogP contribution in [-0.2, 0) is 19.3 Å². The molecule has 3 aromatic rings. The fourth-order valence-electron chi connectivity index (χ4n) is 8.90. The molecular weight excluding hydrogens is 1900 g/mol. The molecule has 0 amide bonds. The Morgan fingerprint density at radius 3 is 0.425 bits per heavy atom. The van der Waals surface area contributed by atoms with Crippen LogP contribution in [0.5, 0.6) is 0 Å². The highest BCUT2D eigenvalue weighted by atomic mass is 31.1. The lowest BCUT2D eigenvalue weighted by atomic mass is 9.87. The Morgan fingerprint density at radius 2 is 0.283 bits per heavy atom. The third-order valence-electron chi connectivity index (χ3n) is 16.4. The maximum absolute atomic E-state index is 14.8. The summed E-state index contributed by atoms with van der Waals surface area (Å²) in [6.45, 7) is -1.67. The monoisotopic (exact) mass is 1930 g/mol. The number of benzene rings is 3. The molecule has 0 nitrogen and oxygen atoms in total. The van der Waals surface area contributed by atoms with Crippen LogP contribution in [0.1, 0.15) is 48.8 Å². The summed E-state index contributed by atoms with van der Waals surface area (Å²) in [6.07, 6.45) is -50.8. The van der Waals surface area contributed by atoms with Gasteiger partial charge in [-0.25, -0.2) is 0 Å². The van der Waals surface area contributed by atoms with Crippen LogP contribution in [0.2, 0.25) is 0 Å². The SMILES string of the molecule is FC(F)(F)C(F)(F)C(F)(F)C(F)(F)C(F)(F)C(F)(F)C(F)(F)C(F)(F)CCc1ccc(P(c2ccc(CCC(F)(F)C(F)(F)C(F)(F)C(F)(F)C(F)(F)C(F)(F)C(F)(F)C(F)(F)F)cc2)c2ccc(CCC(F)(F)C(F)(F)C(F)(F)C(F)(F)C(F)(F)C(F)(F)C(F)(F)C(F)(F)F)cc2)cc1.FCCCC(F)(F)C(F)(F)C(F)(F)C(F)(F)C(F)(F)F. The minimum Gasteiger partial charge on any atom is -0.251 e. The Balaban J connectivity index is 0.00000213. The van der Waals surface area contributed by atoms with E-state index in [-0.39, 0.29) is 36.4 Å². The molecule has 0 fully saturated rings. The minimum absolute atomic E-state index is 0.281. The fraction of sp³-hybridized carbons (Fsp3) is 0.679. The number of halogens is 63. The molecule has 0 atom stereocenters. The van der Waals surface area contributed by atoms with Crippen molar-refractivity contribution in [1.82, 2.24) is 0 Å². The first-order valence-electron chi connectivity index (χ1n) is 29.3. The van der Waals surface area contributed by atoms with Gasteiger partial charge in [-0.05, 0) is 66.2 Å². The largest absolute Gasteiger partial charge is 0.460 e. The van der Waals surface area contributed by atoms with Crippen LogP contribution in [0, 0.1) is 0 Å². The molecule has 0 heterocycles. The van der Waals surface area contributed by atoms with E-state index in [1.807, 2.05) is 0 Å². The summed E-state index contributed by atoms with van der Waals surface area (Å²) in [7, 11) is -2.95. The molecule has 0 saturated carbocycles. The van der Waals surface area contributed by atoms with Crippen molar-refractivity contribution in [3.8, 4) is 0 Å². The highest BCUT2D eigenvalue weighted by Gasteiger charge is 2.99. The standard InChI is InChI=1S/C48H24F51P.C8H6F12/c49-25(50,28(55,56)31(61,62)34(67,68)37(73,74)40(79,80)43(85,86)46(91,92)93)16-13-19-1-7-22(8-2-19)100(23-9-3-20(4-10-23)14-17-26(51,52)29(57,58)32(63,64)35(69,70)38(75,76)41(81,82)44(87,88)47(94,95)96)24-11-5-21(6-12-24)15-18-27(53,54)30(59,60)33(65,66)36(71,72)39(77,78)42(83,84)45(89,90)48(97,98)99;9-3-1-2-4(10,11)5(12,13)6(14,15)7(16,17)8(18,19)20/h1-12H,13-18H2;1-3H2. The average molecular weight is 1930 g/mol. The van der Waals surface area contributed by atoms with Crippen LogP contribution in [0.3, 0.4) is 0 Å². The third kappa shape index (κ3) is 17.0. The third-order valence-corrected chi connectivity index (χ3v) is 18.8. The predicted octanol–water partition coefficient (Wildman–Crippen LogP) is 26.1. The number of rotatable bonds is 36. The molecule has 700 valence electrons. The summed E-state index contributed by atoms with van der Waals surface area (Å²) in [6, 6.07) is 4.33. The van der Waals surface area contributed by atoms with Crippen LogP contribution in [0.15, 0.2) is 72.8 Å². The van der Waals surface area contributed by atoms with Gasteiger partial charge in [0.15, 0.2) is 0 Å². The van der Waals surface area contributed by atoms with Crippen LogP contribution < -0.4 is 15.9 Å². The van der Waals surface area contributed by atoms with Crippen LogP contribution >= 0.6 is 7.92 Å². The van der Waals surface area contributed by atoms with Gasteiger partial charge in [0.1, 0.15) is 0 Å². The van der Waals surface area contributed by atoms with Crippen molar-refractivity contribution in [1.29, 1.82) is 0 Å². The van der Waals surface area contributed by atoms with Gasteiger partial charge in [-0.2, -0.15) is 272 Å². The van der Waals surface area contributed by atoms with Gasteiger partial charge in [0.05, 0.1) is 6.67 Å². The second-order valence-corrected chi connectivity index (χ2v) is 26.7. The molecular formula is C56H30F63P. The van der Waals surface area contributed by atoms with Gasteiger partial charge in [-0.3, -0.25) is 4.39 Å². The molecule has 0 bridgehead atoms. The lowest BCUT2D eigenvalue weighted by molar-refractivity contribution is -0.461. The zero-order chi connectivity index (χ0) is 96.4. The van der Waals surface area contributed by atoms with E-state index >= 15 is 0 Å². The van der Waals surface area contributed by atoms with Crippen molar-refractivity contribution in [2.45, 2.75) is 224 Å². The van der Waals surface area contributed by atoms with Gasteiger partial charge < -0.3 is 0 Å². The molecule has 0 spiro atoms. The van der Waals surface area contributed by atoms with Crippen molar-refractivity contribution in [2.75, 3.05) is 6.67 Å². The van der Waals surface area contributed by atoms with Crippen molar-refractivity contribution in [3.63, 3.8) is 0 Å². The van der Waals surface area contributed by atoms with E-state index in [0.717, 1.165) is 0 Å². The molecule has 0 aromatic heterocycles. The summed E-state index contributed by atoms with van der Waals surface area (Å²) in [5.74, 6) is -207. The van der Waals surface area contributed by atoms with Gasteiger partial charge in [0.25, 0.3) is 0 Å².